The molecule has 3 atom stereocenters. The third-order valence-corrected chi connectivity index (χ3v) is 5.09. The molecule has 0 saturated carbocycles. The van der Waals surface area contributed by atoms with E-state index < -0.39 is 0 Å². The van der Waals surface area contributed by atoms with Crippen LogP contribution in [0, 0.1) is 5.92 Å². The van der Waals surface area contributed by atoms with Crippen LogP contribution in [0.4, 0.5) is 0 Å². The van der Waals surface area contributed by atoms with Crippen LogP contribution < -0.4 is 5.32 Å². The van der Waals surface area contributed by atoms with Gasteiger partial charge in [0.25, 0.3) is 0 Å². The van der Waals surface area contributed by atoms with Gasteiger partial charge in [0.15, 0.2) is 0 Å². The van der Waals surface area contributed by atoms with E-state index in [0.717, 1.165) is 18.0 Å². The van der Waals surface area contributed by atoms with Crippen molar-refractivity contribution in [1.82, 2.24) is 10.2 Å². The summed E-state index contributed by atoms with van der Waals surface area (Å²) in [4.78, 5) is 2.72. The van der Waals surface area contributed by atoms with Crippen molar-refractivity contribution in [2.24, 2.45) is 5.92 Å². The van der Waals surface area contributed by atoms with Crippen LogP contribution in [0.3, 0.4) is 0 Å². The minimum Gasteiger partial charge on any atom is -0.310 e. The zero-order valence-corrected chi connectivity index (χ0v) is 11.9. The summed E-state index contributed by atoms with van der Waals surface area (Å²) in [7, 11) is 0. The van der Waals surface area contributed by atoms with Gasteiger partial charge in [-0.05, 0) is 38.6 Å². The van der Waals surface area contributed by atoms with Gasteiger partial charge in [-0.1, -0.05) is 33.1 Å². The van der Waals surface area contributed by atoms with Crippen molar-refractivity contribution in [2.75, 3.05) is 13.1 Å². The minimum absolute atomic E-state index is 0.692. The summed E-state index contributed by atoms with van der Waals surface area (Å²) in [5, 5.41) is 3.94. The Bertz CT molecular complexity index is 225. The van der Waals surface area contributed by atoms with E-state index in [-0.39, 0.29) is 0 Å². The molecule has 2 fully saturated rings. The van der Waals surface area contributed by atoms with Gasteiger partial charge in [0.2, 0.25) is 0 Å². The Hall–Kier alpha value is -0.0800. The summed E-state index contributed by atoms with van der Waals surface area (Å²) in [6, 6.07) is 2.31. The van der Waals surface area contributed by atoms with E-state index in [4.69, 9.17) is 0 Å². The van der Waals surface area contributed by atoms with Gasteiger partial charge in [-0.25, -0.2) is 0 Å². The summed E-state index contributed by atoms with van der Waals surface area (Å²) in [5.74, 6) is 0.854. The van der Waals surface area contributed by atoms with Crippen LogP contribution in [-0.4, -0.2) is 36.1 Å². The first-order valence-electron chi connectivity index (χ1n) is 7.76. The number of rotatable bonds is 5. The highest BCUT2D eigenvalue weighted by atomic mass is 15.2. The van der Waals surface area contributed by atoms with Gasteiger partial charge in [0.1, 0.15) is 0 Å². The lowest BCUT2D eigenvalue weighted by Crippen LogP contribution is -2.49. The molecule has 0 aromatic rings. The largest absolute Gasteiger partial charge is 0.310 e. The number of hydrogen-bond donors (Lipinski definition) is 1. The van der Waals surface area contributed by atoms with E-state index in [2.05, 4.69) is 31.0 Å². The summed E-state index contributed by atoms with van der Waals surface area (Å²) < 4.78 is 0. The van der Waals surface area contributed by atoms with Crippen molar-refractivity contribution in [3.8, 4) is 0 Å². The molecule has 0 amide bonds. The monoisotopic (exact) mass is 238 g/mol. The second-order valence-corrected chi connectivity index (χ2v) is 6.03. The fourth-order valence-electron chi connectivity index (χ4n) is 3.91. The third-order valence-electron chi connectivity index (χ3n) is 5.09. The van der Waals surface area contributed by atoms with Crippen LogP contribution in [-0.2, 0) is 0 Å². The van der Waals surface area contributed by atoms with Crippen LogP contribution in [0.15, 0.2) is 0 Å². The maximum Gasteiger partial charge on any atom is 0.0249 e. The molecule has 0 bridgehead atoms. The molecule has 2 aliphatic rings. The maximum absolute atomic E-state index is 3.94. The van der Waals surface area contributed by atoms with Crippen molar-refractivity contribution in [1.29, 1.82) is 0 Å². The topological polar surface area (TPSA) is 15.3 Å². The zero-order chi connectivity index (χ0) is 12.3. The van der Waals surface area contributed by atoms with E-state index in [1.807, 2.05) is 0 Å². The van der Waals surface area contributed by atoms with Crippen LogP contribution >= 0.6 is 0 Å². The molecular weight excluding hydrogens is 208 g/mol. The predicted octanol–water partition coefficient (Wildman–Crippen LogP) is 3.03. The molecule has 17 heavy (non-hydrogen) atoms. The lowest BCUT2D eigenvalue weighted by Gasteiger charge is -2.35. The molecule has 0 aromatic carbocycles. The van der Waals surface area contributed by atoms with E-state index in [9.17, 15) is 0 Å². The van der Waals surface area contributed by atoms with Gasteiger partial charge in [-0.2, -0.15) is 0 Å². The molecule has 0 aliphatic carbocycles. The number of fused-ring (bicyclic) bond motifs is 1. The summed E-state index contributed by atoms with van der Waals surface area (Å²) >= 11 is 0. The average molecular weight is 238 g/mol. The molecule has 2 nitrogen and oxygen atoms in total. The van der Waals surface area contributed by atoms with Crippen molar-refractivity contribution in [2.45, 2.75) is 77.4 Å². The number of piperidine rings is 1. The molecule has 2 heteroatoms. The summed E-state index contributed by atoms with van der Waals surface area (Å²) in [6.07, 6.45) is 8.28. The van der Waals surface area contributed by atoms with Crippen molar-refractivity contribution < 1.29 is 0 Å². The Morgan fingerprint density at radius 3 is 2.59 bits per heavy atom. The molecule has 2 aliphatic heterocycles. The average Bonchev–Trinajstić information content (AvgIpc) is 2.74. The number of nitrogens with zero attached hydrogens (tertiary/aromatic N) is 1. The highest BCUT2D eigenvalue weighted by molar-refractivity contribution is 4.95. The van der Waals surface area contributed by atoms with Crippen molar-refractivity contribution >= 4 is 0 Å². The molecule has 2 heterocycles. The van der Waals surface area contributed by atoms with Gasteiger partial charge in [0, 0.05) is 24.7 Å². The highest BCUT2D eigenvalue weighted by Crippen LogP contribution is 2.28. The lowest BCUT2D eigenvalue weighted by molar-refractivity contribution is 0.171. The Labute approximate surface area is 107 Å². The van der Waals surface area contributed by atoms with Gasteiger partial charge < -0.3 is 5.32 Å². The first-order valence-corrected chi connectivity index (χ1v) is 7.76. The molecule has 100 valence electrons. The predicted molar refractivity (Wildman–Crippen MR) is 74.3 cm³/mol. The van der Waals surface area contributed by atoms with E-state index in [1.165, 1.54) is 51.6 Å². The van der Waals surface area contributed by atoms with Crippen LogP contribution in [0.1, 0.15) is 59.3 Å². The first-order chi connectivity index (χ1) is 8.26. The van der Waals surface area contributed by atoms with Gasteiger partial charge in [-0.15, -0.1) is 0 Å². The first kappa shape index (κ1) is 13.4. The molecule has 0 radical (unpaired) electrons. The second kappa shape index (κ2) is 6.19. The van der Waals surface area contributed by atoms with Gasteiger partial charge in [-0.3, -0.25) is 4.90 Å². The molecule has 3 unspecified atom stereocenters. The maximum atomic E-state index is 3.94. The fraction of sp³-hybridized carbons (Fsp3) is 1.00. The van der Waals surface area contributed by atoms with Crippen LogP contribution in [0.25, 0.3) is 0 Å². The minimum atomic E-state index is 0.692. The molecule has 1 N–H and O–H groups in total. The van der Waals surface area contributed by atoms with Crippen LogP contribution in [0.5, 0.6) is 0 Å². The van der Waals surface area contributed by atoms with Gasteiger partial charge >= 0.3 is 0 Å². The normalized spacial score (nSPS) is 31.8. The molecule has 2 saturated heterocycles. The molecule has 2 rings (SSSR count). The van der Waals surface area contributed by atoms with E-state index >= 15 is 0 Å². The Morgan fingerprint density at radius 1 is 1.12 bits per heavy atom. The number of nitrogens with one attached hydrogen (secondary N) is 1. The Morgan fingerprint density at radius 2 is 1.88 bits per heavy atom. The van der Waals surface area contributed by atoms with E-state index in [0.29, 0.717) is 6.04 Å². The van der Waals surface area contributed by atoms with Crippen molar-refractivity contribution in [3.05, 3.63) is 0 Å². The fourth-order valence-corrected chi connectivity index (χ4v) is 3.91. The highest BCUT2D eigenvalue weighted by Gasteiger charge is 2.36. The quantitative estimate of drug-likeness (QED) is 0.792. The lowest BCUT2D eigenvalue weighted by atomic mass is 9.92. The molecular formula is C15H30N2. The summed E-state index contributed by atoms with van der Waals surface area (Å²) in [5.41, 5.74) is 0. The Balaban J connectivity index is 1.86. The number of hydrogen-bond acceptors (Lipinski definition) is 2. The third kappa shape index (κ3) is 3.03. The molecule has 0 aromatic heterocycles. The second-order valence-electron chi connectivity index (χ2n) is 6.03. The van der Waals surface area contributed by atoms with E-state index in [1.54, 1.807) is 0 Å². The van der Waals surface area contributed by atoms with Crippen LogP contribution in [0.2, 0.25) is 0 Å². The smallest absolute Gasteiger partial charge is 0.0249 e. The van der Waals surface area contributed by atoms with Crippen molar-refractivity contribution in [3.63, 3.8) is 0 Å². The van der Waals surface area contributed by atoms with Gasteiger partial charge in [0.05, 0.1) is 0 Å². The standard InChI is InChI=1S/C15H30N2/c1-4-13(5-2)12(3)16-14-9-11-17-10-7-6-8-15(14)17/h12-16H,4-11H2,1-3H3. The molecule has 0 spiro atoms. The Kier molecular flexibility index (Phi) is 4.87. The SMILES string of the molecule is CCC(CC)C(C)NC1CCN2CCCCC12. The zero-order valence-electron chi connectivity index (χ0n) is 11.9. The summed E-state index contributed by atoms with van der Waals surface area (Å²) in [6.45, 7) is 9.73.